The maximum absolute atomic E-state index is 10.7. The van der Waals surface area contributed by atoms with E-state index in [4.69, 9.17) is 10.2 Å². The molecule has 0 saturated heterocycles. The number of nitrogens with one attached hydrogen (secondary N) is 1. The van der Waals surface area contributed by atoms with E-state index in [1.807, 2.05) is 13.8 Å². The molecule has 90 valence electrons. The van der Waals surface area contributed by atoms with Crippen LogP contribution in [0, 0.1) is 0 Å². The molecular formula is C11H18N2O3. The van der Waals surface area contributed by atoms with E-state index in [0.29, 0.717) is 11.4 Å². The first-order chi connectivity index (χ1) is 7.58. The molecule has 0 bridgehead atoms. The summed E-state index contributed by atoms with van der Waals surface area (Å²) >= 11 is 0. The van der Waals surface area contributed by atoms with Gasteiger partial charge in [0.1, 0.15) is 5.82 Å². The molecule has 1 aromatic rings. The van der Waals surface area contributed by atoms with Crippen LogP contribution in [0.15, 0.2) is 0 Å². The molecule has 0 aliphatic carbocycles. The Morgan fingerprint density at radius 2 is 2.25 bits per heavy atom. The van der Waals surface area contributed by atoms with Gasteiger partial charge in [0.15, 0.2) is 0 Å². The van der Waals surface area contributed by atoms with Gasteiger partial charge in [-0.2, -0.15) is 0 Å². The van der Waals surface area contributed by atoms with E-state index in [1.165, 1.54) is 0 Å². The summed E-state index contributed by atoms with van der Waals surface area (Å²) in [6.07, 6.45) is 1.67. The Hall–Kier alpha value is -1.36. The van der Waals surface area contributed by atoms with Crippen molar-refractivity contribution in [3.8, 4) is 0 Å². The lowest BCUT2D eigenvalue weighted by Gasteiger charge is -2.05. The quantitative estimate of drug-likeness (QED) is 0.677. The minimum atomic E-state index is -0.891. The van der Waals surface area contributed by atoms with Crippen molar-refractivity contribution >= 4 is 5.97 Å². The lowest BCUT2D eigenvalue weighted by Crippen LogP contribution is -2.07. The summed E-state index contributed by atoms with van der Waals surface area (Å²) in [7, 11) is 0. The fourth-order valence-electron chi connectivity index (χ4n) is 1.61. The number of H-pyrrole nitrogens is 1. The van der Waals surface area contributed by atoms with Crippen LogP contribution >= 0.6 is 0 Å². The molecule has 0 fully saturated rings. The number of nitrogens with zero attached hydrogens (tertiary/aromatic N) is 1. The summed E-state index contributed by atoms with van der Waals surface area (Å²) in [5.74, 6) is -0.219. The van der Waals surface area contributed by atoms with Gasteiger partial charge in [-0.05, 0) is 6.42 Å². The van der Waals surface area contributed by atoms with Crippen LogP contribution in [0.5, 0.6) is 0 Å². The number of imidazole rings is 1. The van der Waals surface area contributed by atoms with E-state index in [-0.39, 0.29) is 18.9 Å². The van der Waals surface area contributed by atoms with Gasteiger partial charge in [0.05, 0.1) is 18.7 Å². The van der Waals surface area contributed by atoms with Crippen molar-refractivity contribution in [2.75, 3.05) is 6.61 Å². The fraction of sp³-hybridized carbons (Fsp3) is 0.636. The smallest absolute Gasteiger partial charge is 0.309 e. The third-order valence-corrected chi connectivity index (χ3v) is 2.42. The Morgan fingerprint density at radius 1 is 1.56 bits per heavy atom. The Balaban J connectivity index is 2.96. The number of rotatable bonds is 6. The summed E-state index contributed by atoms with van der Waals surface area (Å²) in [5.41, 5.74) is 1.28. The molecule has 0 aliphatic rings. The largest absolute Gasteiger partial charge is 0.481 e. The van der Waals surface area contributed by atoms with Crippen molar-refractivity contribution < 1.29 is 15.0 Å². The van der Waals surface area contributed by atoms with Crippen molar-refractivity contribution in [3.63, 3.8) is 0 Å². The molecule has 1 rings (SSSR count). The standard InChI is InChI=1S/C11H18N2O3/c1-3-4-9-12-8(5-10(15)16)11(13-9)7(2)6-14/h7,14H,3-6H2,1-2H3,(H,12,13)(H,15,16). The molecule has 16 heavy (non-hydrogen) atoms. The summed E-state index contributed by atoms with van der Waals surface area (Å²) in [4.78, 5) is 18.1. The topological polar surface area (TPSA) is 86.2 Å². The zero-order valence-electron chi connectivity index (χ0n) is 9.66. The van der Waals surface area contributed by atoms with Gasteiger partial charge in [-0.25, -0.2) is 4.98 Å². The third kappa shape index (κ3) is 3.06. The van der Waals surface area contributed by atoms with Gasteiger partial charge in [0.25, 0.3) is 0 Å². The van der Waals surface area contributed by atoms with Gasteiger partial charge in [-0.3, -0.25) is 4.79 Å². The minimum Gasteiger partial charge on any atom is -0.481 e. The van der Waals surface area contributed by atoms with E-state index in [2.05, 4.69) is 9.97 Å². The first-order valence-electron chi connectivity index (χ1n) is 5.48. The van der Waals surface area contributed by atoms with Gasteiger partial charge >= 0.3 is 5.97 Å². The highest BCUT2D eigenvalue weighted by atomic mass is 16.4. The molecule has 1 heterocycles. The maximum Gasteiger partial charge on any atom is 0.309 e. The van der Waals surface area contributed by atoms with Crippen molar-refractivity contribution in [1.29, 1.82) is 0 Å². The molecule has 5 heteroatoms. The molecule has 1 unspecified atom stereocenters. The van der Waals surface area contributed by atoms with Gasteiger partial charge in [0, 0.05) is 18.0 Å². The molecule has 3 N–H and O–H groups in total. The zero-order chi connectivity index (χ0) is 12.1. The Kier molecular flexibility index (Phi) is 4.49. The van der Waals surface area contributed by atoms with Crippen LogP contribution in [0.25, 0.3) is 0 Å². The van der Waals surface area contributed by atoms with Crippen LogP contribution in [0.4, 0.5) is 0 Å². The molecule has 0 aliphatic heterocycles. The second kappa shape index (κ2) is 5.65. The molecule has 0 saturated carbocycles. The molecule has 1 aromatic heterocycles. The van der Waals surface area contributed by atoms with Gasteiger partial charge in [-0.1, -0.05) is 13.8 Å². The maximum atomic E-state index is 10.7. The van der Waals surface area contributed by atoms with Crippen molar-refractivity contribution in [1.82, 2.24) is 9.97 Å². The van der Waals surface area contributed by atoms with Crippen molar-refractivity contribution in [2.24, 2.45) is 0 Å². The number of carbonyl (C=O) groups is 1. The Morgan fingerprint density at radius 3 is 2.75 bits per heavy atom. The number of aromatic amines is 1. The molecule has 0 amide bonds. The number of aliphatic carboxylic acids is 1. The summed E-state index contributed by atoms with van der Waals surface area (Å²) in [6.45, 7) is 3.84. The highest BCUT2D eigenvalue weighted by Gasteiger charge is 2.17. The number of hydrogen-bond acceptors (Lipinski definition) is 3. The highest BCUT2D eigenvalue weighted by molar-refractivity contribution is 5.70. The number of carboxylic acids is 1. The zero-order valence-corrected chi connectivity index (χ0v) is 9.66. The molecule has 0 aromatic carbocycles. The normalized spacial score (nSPS) is 12.7. The van der Waals surface area contributed by atoms with E-state index in [0.717, 1.165) is 18.7 Å². The van der Waals surface area contributed by atoms with Crippen LogP contribution < -0.4 is 0 Å². The third-order valence-electron chi connectivity index (χ3n) is 2.42. The van der Waals surface area contributed by atoms with Crippen LogP contribution in [0.2, 0.25) is 0 Å². The van der Waals surface area contributed by atoms with E-state index >= 15 is 0 Å². The number of aromatic nitrogens is 2. The van der Waals surface area contributed by atoms with Gasteiger partial charge < -0.3 is 15.2 Å². The number of aliphatic hydroxyl groups is 1. The summed E-state index contributed by atoms with van der Waals surface area (Å²) in [6, 6.07) is 0. The number of carboxylic acid groups (broad SMARTS) is 1. The average Bonchev–Trinajstić information content (AvgIpc) is 2.59. The number of aliphatic hydroxyl groups excluding tert-OH is 1. The first kappa shape index (κ1) is 12.7. The molecule has 0 radical (unpaired) electrons. The first-order valence-corrected chi connectivity index (χ1v) is 5.48. The monoisotopic (exact) mass is 226 g/mol. The van der Waals surface area contributed by atoms with Crippen LogP contribution in [-0.2, 0) is 17.6 Å². The Labute approximate surface area is 94.5 Å². The van der Waals surface area contributed by atoms with E-state index in [1.54, 1.807) is 0 Å². The van der Waals surface area contributed by atoms with E-state index in [9.17, 15) is 4.79 Å². The van der Waals surface area contributed by atoms with Crippen LogP contribution in [0.3, 0.4) is 0 Å². The Bertz CT molecular complexity index is 360. The molecule has 1 atom stereocenters. The minimum absolute atomic E-state index is 0.0248. The molecule has 5 nitrogen and oxygen atoms in total. The lowest BCUT2D eigenvalue weighted by atomic mass is 10.1. The predicted molar refractivity (Wildman–Crippen MR) is 59.4 cm³/mol. The van der Waals surface area contributed by atoms with Gasteiger partial charge in [-0.15, -0.1) is 0 Å². The SMILES string of the molecule is CCCc1nc(C(C)CO)c(CC(=O)O)[nH]1. The molecular weight excluding hydrogens is 208 g/mol. The predicted octanol–water partition coefficient (Wildman–Crippen LogP) is 1.09. The second-order valence-electron chi connectivity index (χ2n) is 3.95. The van der Waals surface area contributed by atoms with Gasteiger partial charge in [0.2, 0.25) is 0 Å². The number of aryl methyl sites for hydroxylation is 1. The fourth-order valence-corrected chi connectivity index (χ4v) is 1.61. The van der Waals surface area contributed by atoms with Crippen molar-refractivity contribution in [3.05, 3.63) is 17.2 Å². The highest BCUT2D eigenvalue weighted by Crippen LogP contribution is 2.18. The number of hydrogen-bond donors (Lipinski definition) is 3. The van der Waals surface area contributed by atoms with Crippen LogP contribution in [-0.4, -0.2) is 32.8 Å². The summed E-state index contributed by atoms with van der Waals surface area (Å²) < 4.78 is 0. The molecule has 0 spiro atoms. The lowest BCUT2D eigenvalue weighted by molar-refractivity contribution is -0.136. The van der Waals surface area contributed by atoms with Crippen molar-refractivity contribution in [2.45, 2.75) is 39.0 Å². The summed E-state index contributed by atoms with van der Waals surface area (Å²) in [5, 5.41) is 17.9. The second-order valence-corrected chi connectivity index (χ2v) is 3.95. The van der Waals surface area contributed by atoms with E-state index < -0.39 is 5.97 Å². The average molecular weight is 226 g/mol. The van der Waals surface area contributed by atoms with Crippen LogP contribution in [0.1, 0.15) is 43.4 Å².